The van der Waals surface area contributed by atoms with Gasteiger partial charge in [0.25, 0.3) is 0 Å². The van der Waals surface area contributed by atoms with Crippen LogP contribution in [0.3, 0.4) is 0 Å². The van der Waals surface area contributed by atoms with Gasteiger partial charge in [0.1, 0.15) is 4.90 Å². The Morgan fingerprint density at radius 1 is 1.42 bits per heavy atom. The van der Waals surface area contributed by atoms with Gasteiger partial charge in [0.2, 0.25) is 15.9 Å². The van der Waals surface area contributed by atoms with Crippen molar-refractivity contribution in [1.82, 2.24) is 4.31 Å². The average Bonchev–Trinajstić information content (AvgIpc) is 3.09. The molecule has 9 heteroatoms. The van der Waals surface area contributed by atoms with Crippen molar-refractivity contribution in [3.63, 3.8) is 0 Å². The van der Waals surface area contributed by atoms with E-state index >= 15 is 0 Å². The van der Waals surface area contributed by atoms with Crippen molar-refractivity contribution in [2.75, 3.05) is 30.4 Å². The molecule has 6 nitrogen and oxygen atoms in total. The first-order valence-corrected chi connectivity index (χ1v) is 10.9. The van der Waals surface area contributed by atoms with Gasteiger partial charge in [0, 0.05) is 18.8 Å². The molecular weight excluding hydrogens is 370 g/mol. The van der Waals surface area contributed by atoms with Crippen molar-refractivity contribution in [2.24, 2.45) is 5.73 Å². The summed E-state index contributed by atoms with van der Waals surface area (Å²) in [6.45, 7) is 0.990. The first-order valence-electron chi connectivity index (χ1n) is 7.71. The molecule has 1 fully saturated rings. The number of amides is 1. The summed E-state index contributed by atoms with van der Waals surface area (Å²) in [4.78, 5) is 12.1. The summed E-state index contributed by atoms with van der Waals surface area (Å²) in [5.41, 5.74) is 6.20. The third-order valence-corrected chi connectivity index (χ3v) is 6.88. The molecule has 1 amide bonds. The van der Waals surface area contributed by atoms with Crippen LogP contribution < -0.4 is 11.1 Å². The fourth-order valence-electron chi connectivity index (χ4n) is 2.46. The summed E-state index contributed by atoms with van der Waals surface area (Å²) in [5.74, 6) is 0.444. The number of carbonyl (C=O) groups excluding carboxylic acids is 1. The molecule has 0 unspecified atom stereocenters. The maximum atomic E-state index is 12.7. The summed E-state index contributed by atoms with van der Waals surface area (Å²) in [7, 11) is -3.65. The fraction of sp³-hybridized carbons (Fsp3) is 0.533. The van der Waals surface area contributed by atoms with E-state index in [9.17, 15) is 13.2 Å². The number of sulfonamides is 1. The molecule has 3 N–H and O–H groups in total. The smallest absolute Gasteiger partial charge is 0.244 e. The Bertz CT molecular complexity index is 691. The highest BCUT2D eigenvalue weighted by atomic mass is 35.5. The molecule has 0 radical (unpaired) electrons. The molecule has 24 heavy (non-hydrogen) atoms. The molecule has 1 aromatic carbocycles. The zero-order chi connectivity index (χ0) is 17.7. The van der Waals surface area contributed by atoms with E-state index in [4.69, 9.17) is 17.3 Å². The van der Waals surface area contributed by atoms with Gasteiger partial charge in [-0.3, -0.25) is 4.79 Å². The van der Waals surface area contributed by atoms with Gasteiger partial charge in [-0.15, -0.1) is 0 Å². The summed E-state index contributed by atoms with van der Waals surface area (Å²) in [6.07, 6.45) is 4.19. The largest absolute Gasteiger partial charge is 0.325 e. The lowest BCUT2D eigenvalue weighted by molar-refractivity contribution is -0.117. The van der Waals surface area contributed by atoms with Crippen molar-refractivity contribution in [3.05, 3.63) is 23.2 Å². The molecule has 2 rings (SSSR count). The topological polar surface area (TPSA) is 92.5 Å². The minimum Gasteiger partial charge on any atom is -0.325 e. The predicted molar refractivity (Wildman–Crippen MR) is 99.0 cm³/mol. The van der Waals surface area contributed by atoms with Crippen LogP contribution in [-0.2, 0) is 14.8 Å². The summed E-state index contributed by atoms with van der Waals surface area (Å²) < 4.78 is 26.8. The van der Waals surface area contributed by atoms with E-state index in [-0.39, 0.29) is 15.8 Å². The first kappa shape index (κ1) is 19.5. The molecule has 1 saturated heterocycles. The molecule has 1 heterocycles. The van der Waals surface area contributed by atoms with Crippen LogP contribution in [0.1, 0.15) is 19.3 Å². The number of hydrogen-bond acceptors (Lipinski definition) is 5. The number of nitrogens with two attached hydrogens (primary N) is 1. The minimum atomic E-state index is -3.65. The highest BCUT2D eigenvalue weighted by molar-refractivity contribution is 7.98. The van der Waals surface area contributed by atoms with Gasteiger partial charge >= 0.3 is 0 Å². The lowest BCUT2D eigenvalue weighted by Crippen LogP contribution is -2.36. The predicted octanol–water partition coefficient (Wildman–Crippen LogP) is 2.14. The second-order valence-electron chi connectivity index (χ2n) is 5.63. The van der Waals surface area contributed by atoms with E-state index in [1.165, 1.54) is 16.4 Å². The maximum absolute atomic E-state index is 12.7. The molecule has 1 atom stereocenters. The Balaban J connectivity index is 2.18. The number of nitrogens with one attached hydrogen (secondary N) is 1. The normalized spacial score (nSPS) is 17.0. The molecule has 0 aromatic heterocycles. The van der Waals surface area contributed by atoms with Crippen molar-refractivity contribution in [1.29, 1.82) is 0 Å². The number of halogens is 1. The van der Waals surface area contributed by atoms with Crippen LogP contribution in [0.2, 0.25) is 5.02 Å². The van der Waals surface area contributed by atoms with E-state index in [2.05, 4.69) is 5.32 Å². The average molecular weight is 392 g/mol. The fourth-order valence-corrected chi connectivity index (χ4v) is 4.96. The van der Waals surface area contributed by atoms with E-state index in [0.29, 0.717) is 25.2 Å². The van der Waals surface area contributed by atoms with Crippen LogP contribution in [0.4, 0.5) is 5.69 Å². The molecular formula is C15H22ClN3O3S2. The molecule has 1 aliphatic rings. The molecule has 1 aliphatic heterocycles. The van der Waals surface area contributed by atoms with Crippen molar-refractivity contribution < 1.29 is 13.2 Å². The molecule has 1 aromatic rings. The third-order valence-electron chi connectivity index (χ3n) is 3.85. The molecule has 0 bridgehead atoms. The van der Waals surface area contributed by atoms with Crippen LogP contribution in [0.15, 0.2) is 23.1 Å². The number of carbonyl (C=O) groups is 1. The van der Waals surface area contributed by atoms with Gasteiger partial charge in [-0.1, -0.05) is 11.6 Å². The van der Waals surface area contributed by atoms with Gasteiger partial charge < -0.3 is 11.1 Å². The van der Waals surface area contributed by atoms with Gasteiger partial charge in [-0.05, 0) is 49.5 Å². The van der Waals surface area contributed by atoms with Crippen LogP contribution in [-0.4, -0.2) is 49.8 Å². The number of hydrogen-bond donors (Lipinski definition) is 2. The van der Waals surface area contributed by atoms with E-state index in [1.807, 2.05) is 6.26 Å². The molecule has 0 aliphatic carbocycles. The summed E-state index contributed by atoms with van der Waals surface area (Å²) >= 11 is 7.69. The van der Waals surface area contributed by atoms with Crippen molar-refractivity contribution in [2.45, 2.75) is 30.2 Å². The van der Waals surface area contributed by atoms with Crippen LogP contribution >= 0.6 is 23.4 Å². The minimum absolute atomic E-state index is 0.0153. The standard InChI is InChI=1S/C15H22ClN3O3S2/c1-23-9-6-13(17)15(20)18-11-4-5-12(16)14(10-11)24(21,22)19-7-2-3-8-19/h4-5,10,13H,2-3,6-9,17H2,1H3,(H,18,20)/t13-/m0/s1. The van der Waals surface area contributed by atoms with Crippen LogP contribution in [0.25, 0.3) is 0 Å². The van der Waals surface area contributed by atoms with Crippen LogP contribution in [0, 0.1) is 0 Å². The van der Waals surface area contributed by atoms with Crippen LogP contribution in [0.5, 0.6) is 0 Å². The van der Waals surface area contributed by atoms with Crippen molar-refractivity contribution in [3.8, 4) is 0 Å². The lowest BCUT2D eigenvalue weighted by atomic mass is 10.2. The van der Waals surface area contributed by atoms with E-state index < -0.39 is 16.1 Å². The van der Waals surface area contributed by atoms with Gasteiger partial charge in [-0.25, -0.2) is 8.42 Å². The van der Waals surface area contributed by atoms with Gasteiger partial charge in [0.05, 0.1) is 11.1 Å². The molecule has 0 saturated carbocycles. The first-order chi connectivity index (χ1) is 11.4. The Labute approximate surface area is 152 Å². The van der Waals surface area contributed by atoms with Gasteiger partial charge in [0.15, 0.2) is 0 Å². The molecule has 134 valence electrons. The number of thioether (sulfide) groups is 1. The lowest BCUT2D eigenvalue weighted by Gasteiger charge is -2.18. The highest BCUT2D eigenvalue weighted by Crippen LogP contribution is 2.29. The third kappa shape index (κ3) is 4.64. The maximum Gasteiger partial charge on any atom is 0.244 e. The number of rotatable bonds is 7. The Kier molecular flexibility index (Phi) is 6.94. The zero-order valence-corrected chi connectivity index (χ0v) is 15.9. The second kappa shape index (κ2) is 8.53. The Morgan fingerprint density at radius 3 is 2.71 bits per heavy atom. The number of benzene rings is 1. The molecule has 0 spiro atoms. The number of anilines is 1. The monoisotopic (exact) mass is 391 g/mol. The SMILES string of the molecule is CSCC[C@H](N)C(=O)Nc1ccc(Cl)c(S(=O)(=O)N2CCCC2)c1. The highest BCUT2D eigenvalue weighted by Gasteiger charge is 2.29. The summed E-state index contributed by atoms with van der Waals surface area (Å²) in [6, 6.07) is 3.82. The van der Waals surface area contributed by atoms with Gasteiger partial charge in [-0.2, -0.15) is 16.1 Å². The summed E-state index contributed by atoms with van der Waals surface area (Å²) in [5, 5.41) is 2.81. The van der Waals surface area contributed by atoms with E-state index in [1.54, 1.807) is 17.8 Å². The number of nitrogens with zero attached hydrogens (tertiary/aromatic N) is 1. The quantitative estimate of drug-likeness (QED) is 0.742. The second-order valence-corrected chi connectivity index (χ2v) is 8.93. The zero-order valence-electron chi connectivity index (χ0n) is 13.5. The Hall–Kier alpha value is -0.800. The van der Waals surface area contributed by atoms with Crippen molar-refractivity contribution >= 4 is 45.0 Å². The van der Waals surface area contributed by atoms with E-state index in [0.717, 1.165) is 18.6 Å². The Morgan fingerprint density at radius 2 is 2.08 bits per heavy atom.